The van der Waals surface area contributed by atoms with Crippen LogP contribution in [0.25, 0.3) is 0 Å². The lowest BCUT2D eigenvalue weighted by Gasteiger charge is -2.33. The summed E-state index contributed by atoms with van der Waals surface area (Å²) in [6.45, 7) is 6.53. The van der Waals surface area contributed by atoms with Gasteiger partial charge in [-0.05, 0) is 35.2 Å². The summed E-state index contributed by atoms with van der Waals surface area (Å²) in [4.78, 5) is 14.5. The van der Waals surface area contributed by atoms with Gasteiger partial charge in [-0.3, -0.25) is 9.69 Å². The Morgan fingerprint density at radius 1 is 1.03 bits per heavy atom. The maximum absolute atomic E-state index is 12.9. The highest BCUT2D eigenvalue weighted by Crippen LogP contribution is 2.21. The van der Waals surface area contributed by atoms with E-state index in [1.54, 1.807) is 18.2 Å². The Morgan fingerprint density at radius 3 is 2.27 bits per heavy atom. The van der Waals surface area contributed by atoms with Crippen LogP contribution < -0.4 is 5.32 Å². The maximum atomic E-state index is 12.9. The molecular formula is C22H28ClN3O3S. The summed E-state index contributed by atoms with van der Waals surface area (Å²) in [5.74, 6) is 0.255. The van der Waals surface area contributed by atoms with Crippen molar-refractivity contribution in [1.29, 1.82) is 0 Å². The van der Waals surface area contributed by atoms with Crippen molar-refractivity contribution in [2.45, 2.75) is 31.2 Å². The fourth-order valence-corrected chi connectivity index (χ4v) is 5.02. The van der Waals surface area contributed by atoms with E-state index in [-0.39, 0.29) is 12.5 Å². The van der Waals surface area contributed by atoms with E-state index < -0.39 is 10.0 Å². The van der Waals surface area contributed by atoms with E-state index in [2.05, 4.69) is 19.2 Å². The number of carbonyl (C=O) groups excluding carboxylic acids is 1. The van der Waals surface area contributed by atoms with Gasteiger partial charge in [0.1, 0.15) is 0 Å². The van der Waals surface area contributed by atoms with E-state index in [1.165, 1.54) is 4.31 Å². The van der Waals surface area contributed by atoms with Crippen LogP contribution in [0.15, 0.2) is 53.4 Å². The van der Waals surface area contributed by atoms with E-state index >= 15 is 0 Å². The van der Waals surface area contributed by atoms with Crippen molar-refractivity contribution in [1.82, 2.24) is 14.5 Å². The molecule has 1 amide bonds. The van der Waals surface area contributed by atoms with Crippen LogP contribution >= 0.6 is 11.6 Å². The molecule has 162 valence electrons. The van der Waals surface area contributed by atoms with Crippen LogP contribution in [-0.2, 0) is 21.4 Å². The molecule has 1 saturated heterocycles. The van der Waals surface area contributed by atoms with Gasteiger partial charge in [-0.1, -0.05) is 55.8 Å². The predicted molar refractivity (Wildman–Crippen MR) is 119 cm³/mol. The summed E-state index contributed by atoms with van der Waals surface area (Å²) < 4.78 is 27.3. The molecule has 3 rings (SSSR count). The van der Waals surface area contributed by atoms with Crippen LogP contribution in [-0.4, -0.2) is 56.3 Å². The Balaban J connectivity index is 1.50. The van der Waals surface area contributed by atoms with Crippen LogP contribution in [0.1, 0.15) is 30.9 Å². The number of piperazine rings is 1. The number of hydrogen-bond acceptors (Lipinski definition) is 4. The topological polar surface area (TPSA) is 69.7 Å². The monoisotopic (exact) mass is 449 g/mol. The van der Waals surface area contributed by atoms with Gasteiger partial charge >= 0.3 is 0 Å². The van der Waals surface area contributed by atoms with E-state index in [0.29, 0.717) is 48.6 Å². The number of halogens is 1. The molecule has 0 radical (unpaired) electrons. The Bertz CT molecular complexity index is 969. The highest BCUT2D eigenvalue weighted by atomic mass is 35.5. The number of benzene rings is 2. The van der Waals surface area contributed by atoms with Crippen molar-refractivity contribution < 1.29 is 13.2 Å². The third kappa shape index (κ3) is 5.60. The van der Waals surface area contributed by atoms with Crippen molar-refractivity contribution in [3.05, 3.63) is 64.7 Å². The van der Waals surface area contributed by atoms with Crippen LogP contribution in [0.3, 0.4) is 0 Å². The highest BCUT2D eigenvalue weighted by Gasteiger charge is 2.29. The molecule has 0 saturated carbocycles. The molecule has 1 heterocycles. The average molecular weight is 450 g/mol. The Labute approximate surface area is 183 Å². The number of amides is 1. The molecule has 0 aliphatic carbocycles. The van der Waals surface area contributed by atoms with Gasteiger partial charge in [0, 0.05) is 37.7 Å². The molecular weight excluding hydrogens is 422 g/mol. The Hall–Kier alpha value is -1.93. The molecule has 8 heteroatoms. The van der Waals surface area contributed by atoms with Gasteiger partial charge in [0.05, 0.1) is 11.4 Å². The largest absolute Gasteiger partial charge is 0.351 e. The summed E-state index contributed by atoms with van der Waals surface area (Å²) >= 11 is 6.11. The second-order valence-electron chi connectivity index (χ2n) is 7.77. The Kier molecular flexibility index (Phi) is 7.52. The summed E-state index contributed by atoms with van der Waals surface area (Å²) in [5.41, 5.74) is 1.98. The molecule has 0 bridgehead atoms. The molecule has 6 nitrogen and oxygen atoms in total. The predicted octanol–water partition coefficient (Wildman–Crippen LogP) is 3.09. The van der Waals surface area contributed by atoms with Crippen molar-refractivity contribution >= 4 is 27.5 Å². The Morgan fingerprint density at radius 2 is 1.67 bits per heavy atom. The van der Waals surface area contributed by atoms with E-state index in [9.17, 15) is 13.2 Å². The SMILES string of the molecule is CC(C)c1ccc(S(=O)(=O)N2CCN(CC(=O)NCc3ccccc3Cl)CC2)cc1. The summed E-state index contributed by atoms with van der Waals surface area (Å²) in [6, 6.07) is 14.5. The number of sulfonamides is 1. The average Bonchev–Trinajstić information content (AvgIpc) is 2.73. The van der Waals surface area contributed by atoms with Crippen LogP contribution in [0.2, 0.25) is 5.02 Å². The quantitative estimate of drug-likeness (QED) is 0.705. The van der Waals surface area contributed by atoms with E-state index in [1.807, 2.05) is 35.2 Å². The minimum atomic E-state index is -3.52. The van der Waals surface area contributed by atoms with Crippen molar-refractivity contribution in [3.63, 3.8) is 0 Å². The minimum absolute atomic E-state index is 0.101. The summed E-state index contributed by atoms with van der Waals surface area (Å²) in [7, 11) is -3.52. The highest BCUT2D eigenvalue weighted by molar-refractivity contribution is 7.89. The lowest BCUT2D eigenvalue weighted by atomic mass is 10.0. The fraction of sp³-hybridized carbons (Fsp3) is 0.409. The number of nitrogens with zero attached hydrogens (tertiary/aromatic N) is 2. The van der Waals surface area contributed by atoms with Gasteiger partial charge in [0.25, 0.3) is 0 Å². The smallest absolute Gasteiger partial charge is 0.243 e. The minimum Gasteiger partial charge on any atom is -0.351 e. The fourth-order valence-electron chi connectivity index (χ4n) is 3.40. The zero-order valence-electron chi connectivity index (χ0n) is 17.3. The second kappa shape index (κ2) is 9.92. The molecule has 0 aromatic heterocycles. The first-order valence-electron chi connectivity index (χ1n) is 10.1. The van der Waals surface area contributed by atoms with E-state index in [4.69, 9.17) is 11.6 Å². The van der Waals surface area contributed by atoms with Gasteiger partial charge in [0.2, 0.25) is 15.9 Å². The van der Waals surface area contributed by atoms with Crippen LogP contribution in [0, 0.1) is 0 Å². The van der Waals surface area contributed by atoms with Crippen molar-refractivity contribution in [3.8, 4) is 0 Å². The van der Waals surface area contributed by atoms with Crippen LogP contribution in [0.5, 0.6) is 0 Å². The first kappa shape index (κ1) is 22.7. The van der Waals surface area contributed by atoms with Crippen molar-refractivity contribution in [2.75, 3.05) is 32.7 Å². The van der Waals surface area contributed by atoms with Gasteiger partial charge in [-0.2, -0.15) is 4.31 Å². The maximum Gasteiger partial charge on any atom is 0.243 e. The molecule has 2 aromatic carbocycles. The lowest BCUT2D eigenvalue weighted by molar-refractivity contribution is -0.122. The van der Waals surface area contributed by atoms with Crippen LogP contribution in [0.4, 0.5) is 0 Å². The number of rotatable bonds is 7. The first-order chi connectivity index (χ1) is 14.3. The molecule has 1 fully saturated rings. The standard InChI is InChI=1S/C22H28ClN3O3S/c1-17(2)18-7-9-20(10-8-18)30(28,29)26-13-11-25(12-14-26)16-22(27)24-15-19-5-3-4-6-21(19)23/h3-10,17H,11-16H2,1-2H3,(H,24,27). The molecule has 0 atom stereocenters. The van der Waals surface area contributed by atoms with Crippen molar-refractivity contribution in [2.24, 2.45) is 0 Å². The normalized spacial score (nSPS) is 16.0. The third-order valence-electron chi connectivity index (χ3n) is 5.32. The number of nitrogens with one attached hydrogen (secondary N) is 1. The zero-order valence-corrected chi connectivity index (χ0v) is 18.9. The molecule has 1 aliphatic rings. The summed E-state index contributed by atoms with van der Waals surface area (Å²) in [5, 5.41) is 3.49. The first-order valence-corrected chi connectivity index (χ1v) is 11.9. The van der Waals surface area contributed by atoms with Gasteiger partial charge in [-0.15, -0.1) is 0 Å². The zero-order chi connectivity index (χ0) is 21.7. The summed E-state index contributed by atoms with van der Waals surface area (Å²) in [6.07, 6.45) is 0. The van der Waals surface area contributed by atoms with Gasteiger partial charge in [-0.25, -0.2) is 8.42 Å². The van der Waals surface area contributed by atoms with Gasteiger partial charge in [0.15, 0.2) is 0 Å². The number of hydrogen-bond donors (Lipinski definition) is 1. The molecule has 1 N–H and O–H groups in total. The molecule has 2 aromatic rings. The molecule has 0 spiro atoms. The van der Waals surface area contributed by atoms with Gasteiger partial charge < -0.3 is 5.32 Å². The third-order valence-corrected chi connectivity index (χ3v) is 7.60. The van der Waals surface area contributed by atoms with E-state index in [0.717, 1.165) is 11.1 Å². The second-order valence-corrected chi connectivity index (χ2v) is 10.1. The molecule has 30 heavy (non-hydrogen) atoms. The lowest BCUT2D eigenvalue weighted by Crippen LogP contribution is -2.50. The molecule has 0 unspecified atom stereocenters. The molecule has 1 aliphatic heterocycles. The number of carbonyl (C=O) groups is 1.